The first-order valence-corrected chi connectivity index (χ1v) is 13.6. The second-order valence-corrected chi connectivity index (χ2v) is 10.0. The van der Waals surface area contributed by atoms with Crippen LogP contribution >= 0.6 is 0 Å². The summed E-state index contributed by atoms with van der Waals surface area (Å²) in [6.45, 7) is 0. The zero-order valence-electron chi connectivity index (χ0n) is 22.0. The Kier molecular flexibility index (Phi) is 5.38. The van der Waals surface area contributed by atoms with Crippen LogP contribution in [0.25, 0.3) is 72.2 Å². The summed E-state index contributed by atoms with van der Waals surface area (Å²) in [4.78, 5) is 19.1. The Bertz CT molecular complexity index is 2160. The molecule has 0 aliphatic rings. The molecule has 0 fully saturated rings. The van der Waals surface area contributed by atoms with Crippen LogP contribution in [0.15, 0.2) is 140 Å². The molecule has 8 aromatic rings. The third-order valence-corrected chi connectivity index (χ3v) is 7.58. The molecule has 0 N–H and O–H groups in total. The van der Waals surface area contributed by atoms with Gasteiger partial charge < -0.3 is 0 Å². The van der Waals surface area contributed by atoms with Crippen molar-refractivity contribution < 1.29 is 0 Å². The van der Waals surface area contributed by atoms with E-state index < -0.39 is 0 Å². The molecule has 0 atom stereocenters. The molecule has 41 heavy (non-hydrogen) atoms. The summed E-state index contributed by atoms with van der Waals surface area (Å²) in [6.07, 6.45) is 7.39. The van der Waals surface area contributed by atoms with E-state index in [1.54, 1.807) is 6.20 Å². The van der Waals surface area contributed by atoms with E-state index in [4.69, 9.17) is 9.97 Å². The molecule has 0 amide bonds. The van der Waals surface area contributed by atoms with Gasteiger partial charge in [-0.2, -0.15) is 0 Å². The van der Waals surface area contributed by atoms with E-state index in [1.807, 2.05) is 30.7 Å². The van der Waals surface area contributed by atoms with Crippen molar-refractivity contribution in [3.8, 4) is 39.6 Å². The lowest BCUT2D eigenvalue weighted by molar-refractivity contribution is 1.08. The number of aromatic nitrogens is 5. The van der Waals surface area contributed by atoms with Crippen molar-refractivity contribution in [1.82, 2.24) is 24.5 Å². The van der Waals surface area contributed by atoms with Gasteiger partial charge in [0.2, 0.25) is 0 Å². The molecule has 0 bridgehead atoms. The van der Waals surface area contributed by atoms with Gasteiger partial charge >= 0.3 is 0 Å². The topological polar surface area (TPSA) is 56.5 Å². The smallest absolute Gasteiger partial charge is 0.138 e. The molecular weight excluding hydrogens is 502 g/mol. The summed E-state index contributed by atoms with van der Waals surface area (Å²) in [5.74, 6) is 0.841. The molecule has 0 saturated carbocycles. The van der Waals surface area contributed by atoms with Gasteiger partial charge in [-0.05, 0) is 59.3 Å². The van der Waals surface area contributed by atoms with E-state index in [9.17, 15) is 0 Å². The predicted molar refractivity (Wildman–Crippen MR) is 166 cm³/mol. The van der Waals surface area contributed by atoms with E-state index in [-0.39, 0.29) is 0 Å². The molecular formula is C36H23N5. The fourth-order valence-corrected chi connectivity index (χ4v) is 5.70. The molecule has 0 radical (unpaired) electrons. The summed E-state index contributed by atoms with van der Waals surface area (Å²) < 4.78 is 2.19. The van der Waals surface area contributed by atoms with Crippen LogP contribution in [0.1, 0.15) is 0 Å². The van der Waals surface area contributed by atoms with Gasteiger partial charge in [0, 0.05) is 46.1 Å². The van der Waals surface area contributed by atoms with Crippen LogP contribution in [0.2, 0.25) is 0 Å². The van der Waals surface area contributed by atoms with E-state index in [1.165, 1.54) is 10.8 Å². The Morgan fingerprint density at radius 3 is 2.17 bits per heavy atom. The van der Waals surface area contributed by atoms with Gasteiger partial charge in [0.05, 0.1) is 34.3 Å². The molecule has 5 heteroatoms. The second-order valence-electron chi connectivity index (χ2n) is 10.0. The van der Waals surface area contributed by atoms with Gasteiger partial charge in [-0.1, -0.05) is 66.7 Å². The molecule has 0 unspecified atom stereocenters. The fraction of sp³-hybridized carbons (Fsp3) is 0. The monoisotopic (exact) mass is 525 g/mol. The molecule has 0 spiro atoms. The normalized spacial score (nSPS) is 11.4. The summed E-state index contributed by atoms with van der Waals surface area (Å²) in [5.41, 5.74) is 7.77. The van der Waals surface area contributed by atoms with Gasteiger partial charge in [0.1, 0.15) is 5.82 Å². The van der Waals surface area contributed by atoms with Crippen LogP contribution in [0.3, 0.4) is 0 Å². The van der Waals surface area contributed by atoms with Crippen molar-refractivity contribution >= 4 is 32.6 Å². The lowest BCUT2D eigenvalue weighted by Gasteiger charge is -2.13. The van der Waals surface area contributed by atoms with Crippen LogP contribution < -0.4 is 0 Å². The highest BCUT2D eigenvalue weighted by molar-refractivity contribution is 6.08. The average molecular weight is 526 g/mol. The highest BCUT2D eigenvalue weighted by atomic mass is 15.1. The summed E-state index contributed by atoms with van der Waals surface area (Å²) >= 11 is 0. The molecule has 0 aliphatic heterocycles. The lowest BCUT2D eigenvalue weighted by Crippen LogP contribution is -1.99. The summed E-state index contributed by atoms with van der Waals surface area (Å²) in [7, 11) is 0. The molecule has 5 heterocycles. The third-order valence-electron chi connectivity index (χ3n) is 7.58. The maximum absolute atomic E-state index is 5.21. The highest BCUT2D eigenvalue weighted by Crippen LogP contribution is 2.35. The number of rotatable bonds is 4. The van der Waals surface area contributed by atoms with Crippen molar-refractivity contribution in [2.75, 3.05) is 0 Å². The van der Waals surface area contributed by atoms with Crippen LogP contribution in [0, 0.1) is 0 Å². The van der Waals surface area contributed by atoms with Crippen LogP contribution in [0.4, 0.5) is 0 Å². The Morgan fingerprint density at radius 1 is 0.463 bits per heavy atom. The number of nitrogens with zero attached hydrogens (tertiary/aromatic N) is 5. The number of benzene rings is 3. The van der Waals surface area contributed by atoms with Crippen molar-refractivity contribution in [2.24, 2.45) is 0 Å². The maximum atomic E-state index is 5.21. The van der Waals surface area contributed by atoms with E-state index in [2.05, 4.69) is 118 Å². The van der Waals surface area contributed by atoms with Crippen molar-refractivity contribution in [3.63, 3.8) is 0 Å². The SMILES string of the molecule is c1cncc(-c2cc(-c3cccc(-n4c5ccccc5c5ccncc54)n3)cc(-c3cccc4ccccc34)n2)c1. The third kappa shape index (κ3) is 3.95. The van der Waals surface area contributed by atoms with Crippen LogP contribution in [-0.2, 0) is 0 Å². The number of hydrogen-bond acceptors (Lipinski definition) is 4. The largest absolute Gasteiger partial charge is 0.292 e. The van der Waals surface area contributed by atoms with Gasteiger partial charge in [-0.3, -0.25) is 14.5 Å². The van der Waals surface area contributed by atoms with Gasteiger partial charge in [-0.15, -0.1) is 0 Å². The number of hydrogen-bond donors (Lipinski definition) is 0. The molecule has 0 aliphatic carbocycles. The van der Waals surface area contributed by atoms with E-state index >= 15 is 0 Å². The Balaban J connectivity index is 1.35. The first kappa shape index (κ1) is 23.2. The van der Waals surface area contributed by atoms with Gasteiger partial charge in [0.15, 0.2) is 0 Å². The number of fused-ring (bicyclic) bond motifs is 4. The second kappa shape index (κ2) is 9.50. The standard InChI is InChI=1S/C36H23N5/c1-2-11-27-24(8-1)9-5-13-28(27)33-21-26(20-32(39-33)25-10-7-18-37-22-25)31-14-6-16-36(40-31)41-34-15-4-3-12-29(34)30-17-19-38-23-35(30)41/h1-23H. The first-order chi connectivity index (χ1) is 20.3. The van der Waals surface area contributed by atoms with E-state index in [0.29, 0.717) is 0 Å². The van der Waals surface area contributed by atoms with Crippen LogP contribution in [0.5, 0.6) is 0 Å². The highest BCUT2D eigenvalue weighted by Gasteiger charge is 2.15. The molecule has 5 nitrogen and oxygen atoms in total. The predicted octanol–water partition coefficient (Wildman–Crippen LogP) is 8.52. The molecule has 192 valence electrons. The molecule has 5 aromatic heterocycles. The molecule has 3 aromatic carbocycles. The summed E-state index contributed by atoms with van der Waals surface area (Å²) in [5, 5.41) is 4.68. The lowest BCUT2D eigenvalue weighted by atomic mass is 9.99. The first-order valence-electron chi connectivity index (χ1n) is 13.6. The van der Waals surface area contributed by atoms with E-state index in [0.717, 1.165) is 61.4 Å². The average Bonchev–Trinajstić information content (AvgIpc) is 3.39. The van der Waals surface area contributed by atoms with Crippen molar-refractivity contribution in [2.45, 2.75) is 0 Å². The van der Waals surface area contributed by atoms with Gasteiger partial charge in [0.25, 0.3) is 0 Å². The minimum Gasteiger partial charge on any atom is -0.292 e. The number of para-hydroxylation sites is 1. The fourth-order valence-electron chi connectivity index (χ4n) is 5.70. The Morgan fingerprint density at radius 2 is 1.24 bits per heavy atom. The van der Waals surface area contributed by atoms with Gasteiger partial charge in [-0.25, -0.2) is 9.97 Å². The molecule has 0 saturated heterocycles. The van der Waals surface area contributed by atoms with Crippen molar-refractivity contribution in [3.05, 3.63) is 140 Å². The summed E-state index contributed by atoms with van der Waals surface area (Å²) in [6, 6.07) is 39.7. The van der Waals surface area contributed by atoms with Crippen molar-refractivity contribution in [1.29, 1.82) is 0 Å². The Labute approximate surface area is 236 Å². The maximum Gasteiger partial charge on any atom is 0.138 e. The quantitative estimate of drug-likeness (QED) is 0.231. The Hall–Kier alpha value is -5.68. The minimum absolute atomic E-state index is 0.841. The van der Waals surface area contributed by atoms with Crippen LogP contribution in [-0.4, -0.2) is 24.5 Å². The zero-order chi connectivity index (χ0) is 27.2. The number of pyridine rings is 4. The zero-order valence-corrected chi connectivity index (χ0v) is 22.0. The minimum atomic E-state index is 0.841. The molecule has 8 rings (SSSR count).